The largest absolute Gasteiger partial charge is 0.365 e. The van der Waals surface area contributed by atoms with Crippen LogP contribution < -0.4 is 10.6 Å². The molecule has 0 aliphatic rings. The van der Waals surface area contributed by atoms with Crippen LogP contribution in [0.3, 0.4) is 0 Å². The quantitative estimate of drug-likeness (QED) is 0.658. The number of nitrogens with zero attached hydrogens (tertiary/aromatic N) is 3. The third-order valence-electron chi connectivity index (χ3n) is 1.39. The molecular formula is C9H13N5. The molecule has 0 atom stereocenters. The standard InChI is InChI=1S/C9H13N5/c1-3-5-10-8-7-12-14-9(13-8)11-6-4-2/h3-4,7H,1-2,5-6H2,(H2,10,11,13,14). The smallest absolute Gasteiger partial charge is 0.244 e. The van der Waals surface area contributed by atoms with Crippen molar-refractivity contribution in [3.8, 4) is 0 Å². The molecule has 0 unspecified atom stereocenters. The zero-order valence-corrected chi connectivity index (χ0v) is 7.90. The third-order valence-corrected chi connectivity index (χ3v) is 1.39. The molecule has 0 bridgehead atoms. The minimum Gasteiger partial charge on any atom is -0.365 e. The molecule has 0 aromatic carbocycles. The number of hydrogen-bond donors (Lipinski definition) is 2. The summed E-state index contributed by atoms with van der Waals surface area (Å²) in [5.41, 5.74) is 0. The number of rotatable bonds is 6. The molecule has 0 aliphatic carbocycles. The van der Waals surface area contributed by atoms with E-state index in [0.29, 0.717) is 24.9 Å². The van der Waals surface area contributed by atoms with Crippen molar-refractivity contribution in [2.24, 2.45) is 0 Å². The molecule has 5 nitrogen and oxygen atoms in total. The molecule has 2 N–H and O–H groups in total. The maximum atomic E-state index is 4.16. The first kappa shape index (κ1) is 10.2. The Morgan fingerprint density at radius 1 is 1.21 bits per heavy atom. The lowest BCUT2D eigenvalue weighted by Gasteiger charge is -2.03. The van der Waals surface area contributed by atoms with Gasteiger partial charge in [0.2, 0.25) is 5.95 Å². The molecule has 0 spiro atoms. The number of nitrogens with one attached hydrogen (secondary N) is 2. The van der Waals surface area contributed by atoms with Gasteiger partial charge in [0.15, 0.2) is 5.82 Å². The van der Waals surface area contributed by atoms with Gasteiger partial charge in [-0.1, -0.05) is 12.2 Å². The minimum atomic E-state index is 0.485. The van der Waals surface area contributed by atoms with Crippen LogP contribution >= 0.6 is 0 Å². The van der Waals surface area contributed by atoms with Gasteiger partial charge in [-0.3, -0.25) is 0 Å². The van der Waals surface area contributed by atoms with Crippen LogP contribution in [-0.4, -0.2) is 28.3 Å². The predicted octanol–water partition coefficient (Wildman–Crippen LogP) is 1.07. The van der Waals surface area contributed by atoms with Crippen molar-refractivity contribution in [1.82, 2.24) is 15.2 Å². The van der Waals surface area contributed by atoms with Crippen LogP contribution in [0.1, 0.15) is 0 Å². The molecule has 14 heavy (non-hydrogen) atoms. The lowest BCUT2D eigenvalue weighted by molar-refractivity contribution is 0.962. The van der Waals surface area contributed by atoms with E-state index in [0.717, 1.165) is 0 Å². The Kier molecular flexibility index (Phi) is 4.13. The molecule has 0 saturated carbocycles. The van der Waals surface area contributed by atoms with Crippen LogP contribution in [-0.2, 0) is 0 Å². The second-order valence-corrected chi connectivity index (χ2v) is 2.50. The van der Waals surface area contributed by atoms with Crippen molar-refractivity contribution in [3.05, 3.63) is 31.5 Å². The van der Waals surface area contributed by atoms with Crippen molar-refractivity contribution in [3.63, 3.8) is 0 Å². The summed E-state index contributed by atoms with van der Waals surface area (Å²) in [4.78, 5) is 4.16. The van der Waals surface area contributed by atoms with Gasteiger partial charge in [0.05, 0.1) is 6.20 Å². The maximum absolute atomic E-state index is 4.16. The fourth-order valence-electron chi connectivity index (χ4n) is 0.804. The van der Waals surface area contributed by atoms with E-state index in [1.54, 1.807) is 18.3 Å². The molecule has 0 saturated heterocycles. The molecule has 5 heteroatoms. The summed E-state index contributed by atoms with van der Waals surface area (Å²) in [6, 6.07) is 0. The third kappa shape index (κ3) is 3.22. The Morgan fingerprint density at radius 3 is 2.64 bits per heavy atom. The van der Waals surface area contributed by atoms with Gasteiger partial charge in [-0.15, -0.1) is 18.3 Å². The van der Waals surface area contributed by atoms with Crippen molar-refractivity contribution >= 4 is 11.8 Å². The Morgan fingerprint density at radius 2 is 1.93 bits per heavy atom. The van der Waals surface area contributed by atoms with Crippen LogP contribution in [0.15, 0.2) is 31.5 Å². The molecule has 0 radical (unpaired) electrons. The van der Waals surface area contributed by atoms with Crippen LogP contribution in [0.25, 0.3) is 0 Å². The van der Waals surface area contributed by atoms with E-state index in [1.165, 1.54) is 0 Å². The summed E-state index contributed by atoms with van der Waals surface area (Å²) in [7, 11) is 0. The Balaban J connectivity index is 2.58. The van der Waals surface area contributed by atoms with Crippen molar-refractivity contribution in [2.45, 2.75) is 0 Å². The predicted molar refractivity (Wildman–Crippen MR) is 57.2 cm³/mol. The second kappa shape index (κ2) is 5.69. The average molecular weight is 191 g/mol. The highest BCUT2D eigenvalue weighted by molar-refractivity contribution is 5.37. The molecule has 1 aromatic heterocycles. The normalized spacial score (nSPS) is 9.14. The summed E-state index contributed by atoms with van der Waals surface area (Å²) in [5, 5.41) is 13.5. The fraction of sp³-hybridized carbons (Fsp3) is 0.222. The number of anilines is 2. The zero-order chi connectivity index (χ0) is 10.2. The van der Waals surface area contributed by atoms with Gasteiger partial charge in [0.25, 0.3) is 0 Å². The molecule has 1 aromatic rings. The van der Waals surface area contributed by atoms with Gasteiger partial charge in [0, 0.05) is 13.1 Å². The van der Waals surface area contributed by atoms with Gasteiger partial charge in [-0.05, 0) is 0 Å². The van der Waals surface area contributed by atoms with E-state index in [2.05, 4.69) is 39.0 Å². The zero-order valence-electron chi connectivity index (χ0n) is 7.90. The van der Waals surface area contributed by atoms with Gasteiger partial charge in [0.1, 0.15) is 0 Å². The summed E-state index contributed by atoms with van der Waals surface area (Å²) < 4.78 is 0. The van der Waals surface area contributed by atoms with Crippen LogP contribution in [0.2, 0.25) is 0 Å². The topological polar surface area (TPSA) is 62.7 Å². The summed E-state index contributed by atoms with van der Waals surface area (Å²) in [6.45, 7) is 8.44. The van der Waals surface area contributed by atoms with E-state index in [9.17, 15) is 0 Å². The Labute approximate surface area is 83.0 Å². The Hall–Kier alpha value is -1.91. The first-order chi connectivity index (χ1) is 6.86. The second-order valence-electron chi connectivity index (χ2n) is 2.50. The van der Waals surface area contributed by atoms with Crippen LogP contribution in [0, 0.1) is 0 Å². The molecule has 1 rings (SSSR count). The highest BCUT2D eigenvalue weighted by atomic mass is 15.3. The first-order valence-corrected chi connectivity index (χ1v) is 4.26. The number of aromatic nitrogens is 3. The maximum Gasteiger partial charge on any atom is 0.244 e. The Bertz CT molecular complexity index is 283. The molecule has 1 heterocycles. The van der Waals surface area contributed by atoms with Crippen molar-refractivity contribution in [2.75, 3.05) is 23.7 Å². The van der Waals surface area contributed by atoms with Gasteiger partial charge < -0.3 is 10.6 Å². The van der Waals surface area contributed by atoms with Crippen molar-refractivity contribution < 1.29 is 0 Å². The van der Waals surface area contributed by atoms with Crippen LogP contribution in [0.5, 0.6) is 0 Å². The van der Waals surface area contributed by atoms with Crippen LogP contribution in [0.4, 0.5) is 11.8 Å². The highest BCUT2D eigenvalue weighted by Gasteiger charge is 1.96. The number of hydrogen-bond acceptors (Lipinski definition) is 5. The van der Waals surface area contributed by atoms with E-state index in [-0.39, 0.29) is 0 Å². The lowest BCUT2D eigenvalue weighted by Crippen LogP contribution is -2.07. The molecular weight excluding hydrogens is 178 g/mol. The van der Waals surface area contributed by atoms with E-state index < -0.39 is 0 Å². The first-order valence-electron chi connectivity index (χ1n) is 4.26. The van der Waals surface area contributed by atoms with Gasteiger partial charge in [-0.25, -0.2) is 0 Å². The lowest BCUT2D eigenvalue weighted by atomic mass is 10.6. The molecule has 74 valence electrons. The average Bonchev–Trinajstić information content (AvgIpc) is 2.24. The fourth-order valence-corrected chi connectivity index (χ4v) is 0.804. The summed E-state index contributed by atoms with van der Waals surface area (Å²) >= 11 is 0. The SMILES string of the molecule is C=CCNc1cnnc(NCC=C)n1. The molecule has 0 fully saturated rings. The molecule has 0 amide bonds. The van der Waals surface area contributed by atoms with Crippen molar-refractivity contribution in [1.29, 1.82) is 0 Å². The van der Waals surface area contributed by atoms with Gasteiger partial charge >= 0.3 is 0 Å². The van der Waals surface area contributed by atoms with E-state index >= 15 is 0 Å². The minimum absolute atomic E-state index is 0.485. The van der Waals surface area contributed by atoms with Gasteiger partial charge in [-0.2, -0.15) is 10.1 Å². The van der Waals surface area contributed by atoms with E-state index in [1.807, 2.05) is 0 Å². The summed E-state index contributed by atoms with van der Waals surface area (Å²) in [6.07, 6.45) is 5.04. The van der Waals surface area contributed by atoms with E-state index in [4.69, 9.17) is 0 Å². The highest BCUT2D eigenvalue weighted by Crippen LogP contribution is 2.02. The monoisotopic (exact) mass is 191 g/mol. The summed E-state index contributed by atoms with van der Waals surface area (Å²) in [5.74, 6) is 1.16. The molecule has 0 aliphatic heterocycles.